The molecule has 3 N–H and O–H groups in total. The van der Waals surface area contributed by atoms with Crippen molar-refractivity contribution in [2.45, 2.75) is 6.42 Å². The number of aromatic nitrogens is 2. The first-order valence-electron chi connectivity index (χ1n) is 10.4. The summed E-state index contributed by atoms with van der Waals surface area (Å²) >= 11 is 0. The molecule has 0 saturated carbocycles. The Morgan fingerprint density at radius 3 is 2.63 bits per heavy atom. The molecule has 1 fully saturated rings. The third kappa shape index (κ3) is 5.75. The van der Waals surface area contributed by atoms with Crippen LogP contribution in [0.1, 0.15) is 6.42 Å². The number of rotatable bonds is 8. The first-order valence-corrected chi connectivity index (χ1v) is 10.4. The Hall–Kier alpha value is -3.03. The first kappa shape index (κ1) is 20.3. The highest BCUT2D eigenvalue weighted by molar-refractivity contribution is 5.69. The van der Waals surface area contributed by atoms with Crippen LogP contribution < -0.4 is 16.0 Å². The van der Waals surface area contributed by atoms with E-state index in [0.29, 0.717) is 5.95 Å². The Kier molecular flexibility index (Phi) is 6.84. The van der Waals surface area contributed by atoms with Crippen LogP contribution in [0.25, 0.3) is 11.1 Å². The molecule has 0 radical (unpaired) electrons. The highest BCUT2D eigenvalue weighted by Crippen LogP contribution is 2.24. The Bertz CT molecular complexity index is 958. The first-order chi connectivity index (χ1) is 14.8. The van der Waals surface area contributed by atoms with E-state index in [1.54, 1.807) is 12.3 Å². The van der Waals surface area contributed by atoms with Gasteiger partial charge in [0.05, 0.1) is 0 Å². The van der Waals surface area contributed by atoms with Gasteiger partial charge in [0.15, 0.2) is 0 Å². The van der Waals surface area contributed by atoms with Crippen molar-refractivity contribution in [1.82, 2.24) is 20.2 Å². The van der Waals surface area contributed by atoms with Gasteiger partial charge in [-0.25, -0.2) is 9.37 Å². The molecule has 156 valence electrons. The van der Waals surface area contributed by atoms with Crippen molar-refractivity contribution >= 4 is 17.5 Å². The average molecular weight is 407 g/mol. The summed E-state index contributed by atoms with van der Waals surface area (Å²) in [7, 11) is 0. The summed E-state index contributed by atoms with van der Waals surface area (Å²) in [5, 5.41) is 9.99. The summed E-state index contributed by atoms with van der Waals surface area (Å²) in [6, 6.07) is 16.2. The molecule has 0 bridgehead atoms. The molecule has 4 rings (SSSR count). The lowest BCUT2D eigenvalue weighted by molar-refractivity contribution is 0.240. The summed E-state index contributed by atoms with van der Waals surface area (Å²) < 4.78 is 13.5. The Morgan fingerprint density at radius 1 is 1.00 bits per heavy atom. The van der Waals surface area contributed by atoms with Crippen molar-refractivity contribution in [3.63, 3.8) is 0 Å². The van der Waals surface area contributed by atoms with Crippen LogP contribution in [-0.4, -0.2) is 54.1 Å². The summed E-state index contributed by atoms with van der Waals surface area (Å²) in [5.41, 5.74) is 2.62. The second kappa shape index (κ2) is 10.1. The quantitative estimate of drug-likeness (QED) is 0.496. The summed E-state index contributed by atoms with van der Waals surface area (Å²) in [5.74, 6) is 1.08. The van der Waals surface area contributed by atoms with Crippen molar-refractivity contribution in [2.24, 2.45) is 0 Å². The highest BCUT2D eigenvalue weighted by atomic mass is 19.1. The lowest BCUT2D eigenvalue weighted by atomic mass is 10.1. The van der Waals surface area contributed by atoms with E-state index in [9.17, 15) is 4.39 Å². The van der Waals surface area contributed by atoms with Gasteiger partial charge in [0.2, 0.25) is 5.95 Å². The largest absolute Gasteiger partial charge is 0.370 e. The number of piperazine rings is 1. The third-order valence-electron chi connectivity index (χ3n) is 5.10. The van der Waals surface area contributed by atoms with Crippen LogP contribution >= 0.6 is 0 Å². The fourth-order valence-electron chi connectivity index (χ4n) is 3.54. The van der Waals surface area contributed by atoms with Crippen molar-refractivity contribution < 1.29 is 4.39 Å². The summed E-state index contributed by atoms with van der Waals surface area (Å²) in [6.07, 6.45) is 2.81. The number of hydrogen-bond acceptors (Lipinski definition) is 6. The van der Waals surface area contributed by atoms with E-state index in [4.69, 9.17) is 0 Å². The zero-order chi connectivity index (χ0) is 20.6. The van der Waals surface area contributed by atoms with Gasteiger partial charge in [0.1, 0.15) is 11.6 Å². The minimum Gasteiger partial charge on any atom is -0.370 e. The maximum absolute atomic E-state index is 13.5. The van der Waals surface area contributed by atoms with Gasteiger partial charge < -0.3 is 20.9 Å². The van der Waals surface area contributed by atoms with Crippen LogP contribution in [-0.2, 0) is 0 Å². The van der Waals surface area contributed by atoms with E-state index in [1.807, 2.05) is 36.4 Å². The Morgan fingerprint density at radius 2 is 1.80 bits per heavy atom. The van der Waals surface area contributed by atoms with Crippen LogP contribution in [0.2, 0.25) is 0 Å². The second-order valence-electron chi connectivity index (χ2n) is 7.35. The van der Waals surface area contributed by atoms with E-state index < -0.39 is 0 Å². The molecule has 1 aliphatic heterocycles. The number of hydrogen-bond donors (Lipinski definition) is 3. The molecule has 3 aromatic rings. The van der Waals surface area contributed by atoms with E-state index in [2.05, 4.69) is 30.8 Å². The van der Waals surface area contributed by atoms with Crippen LogP contribution in [0, 0.1) is 5.82 Å². The van der Waals surface area contributed by atoms with Crippen molar-refractivity contribution in [2.75, 3.05) is 49.9 Å². The molecule has 1 aliphatic rings. The van der Waals surface area contributed by atoms with Crippen molar-refractivity contribution in [3.05, 3.63) is 66.6 Å². The lowest BCUT2D eigenvalue weighted by Crippen LogP contribution is -2.44. The van der Waals surface area contributed by atoms with E-state index in [0.717, 1.165) is 68.3 Å². The van der Waals surface area contributed by atoms with Crippen LogP contribution in [0.5, 0.6) is 0 Å². The molecule has 0 spiro atoms. The predicted molar refractivity (Wildman–Crippen MR) is 120 cm³/mol. The summed E-state index contributed by atoms with van der Waals surface area (Å²) in [4.78, 5) is 11.4. The smallest absolute Gasteiger partial charge is 0.229 e. The molecule has 1 aromatic heterocycles. The van der Waals surface area contributed by atoms with Crippen LogP contribution in [0.3, 0.4) is 0 Å². The Balaban J connectivity index is 1.33. The third-order valence-corrected chi connectivity index (χ3v) is 5.10. The van der Waals surface area contributed by atoms with Gasteiger partial charge in [0, 0.05) is 44.6 Å². The fourth-order valence-corrected chi connectivity index (χ4v) is 3.54. The number of nitrogens with one attached hydrogen (secondary N) is 3. The van der Waals surface area contributed by atoms with Gasteiger partial charge in [0.25, 0.3) is 0 Å². The number of anilines is 3. The SMILES string of the molecule is Fc1cccc(-c2cccc(Nc3nccc(NCCCN4CCNCC4)n3)c2)c1. The molecular formula is C23H27FN6. The molecule has 6 nitrogen and oxygen atoms in total. The minimum absolute atomic E-state index is 0.245. The monoisotopic (exact) mass is 406 g/mol. The normalized spacial score (nSPS) is 14.4. The molecule has 0 aliphatic carbocycles. The molecule has 0 amide bonds. The van der Waals surface area contributed by atoms with E-state index >= 15 is 0 Å². The number of nitrogens with zero attached hydrogens (tertiary/aromatic N) is 3. The van der Waals surface area contributed by atoms with Gasteiger partial charge in [-0.15, -0.1) is 0 Å². The molecule has 1 saturated heterocycles. The van der Waals surface area contributed by atoms with Gasteiger partial charge in [-0.1, -0.05) is 24.3 Å². The topological polar surface area (TPSA) is 65.1 Å². The second-order valence-corrected chi connectivity index (χ2v) is 7.35. The Labute approximate surface area is 176 Å². The lowest BCUT2D eigenvalue weighted by Gasteiger charge is -2.27. The van der Waals surface area contributed by atoms with Crippen LogP contribution in [0.15, 0.2) is 60.8 Å². The molecule has 0 unspecified atom stereocenters. The van der Waals surface area contributed by atoms with Gasteiger partial charge in [-0.3, -0.25) is 0 Å². The standard InChI is InChI=1S/C23H27FN6/c24-20-6-1-4-18(16-20)19-5-2-7-21(17-19)28-23-27-10-8-22(29-23)26-9-3-13-30-14-11-25-12-15-30/h1-2,4-8,10,16-17,25H,3,9,11-15H2,(H2,26,27,28,29). The van der Waals surface area contributed by atoms with Gasteiger partial charge in [-0.05, 0) is 54.4 Å². The predicted octanol–water partition coefficient (Wildman–Crippen LogP) is 3.73. The molecular weight excluding hydrogens is 379 g/mol. The van der Waals surface area contributed by atoms with Gasteiger partial charge in [-0.2, -0.15) is 4.98 Å². The molecule has 2 heterocycles. The minimum atomic E-state index is -0.245. The van der Waals surface area contributed by atoms with Crippen LogP contribution in [0.4, 0.5) is 21.8 Å². The zero-order valence-corrected chi connectivity index (χ0v) is 16.9. The van der Waals surface area contributed by atoms with Crippen molar-refractivity contribution in [1.29, 1.82) is 0 Å². The number of halogens is 1. The maximum atomic E-state index is 13.5. The van der Waals surface area contributed by atoms with Gasteiger partial charge >= 0.3 is 0 Å². The van der Waals surface area contributed by atoms with Crippen molar-refractivity contribution in [3.8, 4) is 11.1 Å². The molecule has 7 heteroatoms. The molecule has 2 aromatic carbocycles. The average Bonchev–Trinajstić information content (AvgIpc) is 2.78. The maximum Gasteiger partial charge on any atom is 0.229 e. The molecule has 0 atom stereocenters. The fraction of sp³-hybridized carbons (Fsp3) is 0.304. The highest BCUT2D eigenvalue weighted by Gasteiger charge is 2.08. The van der Waals surface area contributed by atoms with E-state index in [-0.39, 0.29) is 5.82 Å². The van der Waals surface area contributed by atoms with E-state index in [1.165, 1.54) is 12.1 Å². The number of benzene rings is 2. The summed E-state index contributed by atoms with van der Waals surface area (Å²) in [6.45, 7) is 6.36. The zero-order valence-electron chi connectivity index (χ0n) is 16.9. The molecule has 30 heavy (non-hydrogen) atoms.